The lowest BCUT2D eigenvalue weighted by atomic mass is 10.5. The molecule has 0 aliphatic rings. The van der Waals surface area contributed by atoms with E-state index in [1.54, 1.807) is 11.0 Å². The Labute approximate surface area is 121 Å². The first-order valence-corrected chi connectivity index (χ1v) is 7.95. The van der Waals surface area contributed by atoms with Gasteiger partial charge in [-0.3, -0.25) is 4.79 Å². The van der Waals surface area contributed by atoms with Crippen molar-refractivity contribution in [1.82, 2.24) is 19.8 Å². The molecule has 0 aliphatic heterocycles. The largest absolute Gasteiger partial charge is 0.343 e. The summed E-state index contributed by atoms with van der Waals surface area (Å²) in [6, 6.07) is 0. The van der Waals surface area contributed by atoms with E-state index in [9.17, 15) is 4.79 Å². The number of thioether (sulfide) groups is 2. The van der Waals surface area contributed by atoms with Gasteiger partial charge in [-0.15, -0.1) is 16.8 Å². The molecule has 1 heterocycles. The summed E-state index contributed by atoms with van der Waals surface area (Å²) in [5, 5.41) is 9.12. The average molecular weight is 301 g/mol. The molecule has 6 nitrogen and oxygen atoms in total. The summed E-state index contributed by atoms with van der Waals surface area (Å²) in [5.74, 6) is 6.99. The van der Waals surface area contributed by atoms with Gasteiger partial charge < -0.3 is 10.7 Å². The van der Waals surface area contributed by atoms with E-state index in [1.807, 2.05) is 13.8 Å². The van der Waals surface area contributed by atoms with Crippen LogP contribution in [-0.4, -0.2) is 50.3 Å². The van der Waals surface area contributed by atoms with E-state index in [4.69, 9.17) is 5.84 Å². The fraction of sp³-hybridized carbons (Fsp3) is 0.545. The summed E-state index contributed by atoms with van der Waals surface area (Å²) in [6.07, 6.45) is 1.77. The third kappa shape index (κ3) is 4.46. The summed E-state index contributed by atoms with van der Waals surface area (Å²) in [4.78, 5) is 13.6. The van der Waals surface area contributed by atoms with Gasteiger partial charge in [-0.1, -0.05) is 29.6 Å². The molecule has 0 unspecified atom stereocenters. The van der Waals surface area contributed by atoms with Crippen LogP contribution in [0.2, 0.25) is 0 Å². The number of carbonyl (C=O) groups excluding carboxylic acids is 1. The lowest BCUT2D eigenvalue weighted by molar-refractivity contribution is -0.127. The normalized spacial score (nSPS) is 10.4. The van der Waals surface area contributed by atoms with E-state index in [1.165, 1.54) is 28.2 Å². The van der Waals surface area contributed by atoms with E-state index >= 15 is 0 Å². The molecule has 0 fully saturated rings. The number of aromatic nitrogens is 3. The van der Waals surface area contributed by atoms with E-state index in [0.717, 1.165) is 5.75 Å². The number of nitrogens with two attached hydrogens (primary N) is 1. The highest BCUT2D eigenvalue weighted by atomic mass is 32.2. The van der Waals surface area contributed by atoms with Crippen LogP contribution in [0, 0.1) is 0 Å². The Hall–Kier alpha value is -1.15. The van der Waals surface area contributed by atoms with Crippen LogP contribution in [0.5, 0.6) is 0 Å². The van der Waals surface area contributed by atoms with Crippen LogP contribution in [0.1, 0.15) is 13.8 Å². The van der Waals surface area contributed by atoms with Crippen molar-refractivity contribution in [2.75, 3.05) is 30.4 Å². The molecule has 0 bridgehead atoms. The number of nitrogen functional groups attached to an aromatic ring is 1. The van der Waals surface area contributed by atoms with Crippen molar-refractivity contribution in [2.45, 2.75) is 24.2 Å². The van der Waals surface area contributed by atoms with Crippen LogP contribution in [0.15, 0.2) is 23.0 Å². The fourth-order valence-corrected chi connectivity index (χ4v) is 2.80. The average Bonchev–Trinajstić information content (AvgIpc) is 2.76. The monoisotopic (exact) mass is 301 g/mol. The molecule has 0 atom stereocenters. The van der Waals surface area contributed by atoms with Crippen molar-refractivity contribution in [3.8, 4) is 0 Å². The maximum atomic E-state index is 11.9. The molecule has 1 aromatic rings. The smallest absolute Gasteiger partial charge is 0.233 e. The fourth-order valence-electron chi connectivity index (χ4n) is 1.39. The van der Waals surface area contributed by atoms with Gasteiger partial charge in [0.15, 0.2) is 0 Å². The van der Waals surface area contributed by atoms with Crippen LogP contribution in [0.25, 0.3) is 0 Å². The SMILES string of the molecule is C=CCSc1nnc(SCC(=O)N(CC)CC)n1N. The summed E-state index contributed by atoms with van der Waals surface area (Å²) in [5.41, 5.74) is 0. The van der Waals surface area contributed by atoms with Gasteiger partial charge in [-0.25, -0.2) is 4.68 Å². The molecule has 0 radical (unpaired) electrons. The van der Waals surface area contributed by atoms with Crippen molar-refractivity contribution >= 4 is 29.4 Å². The van der Waals surface area contributed by atoms with Crippen molar-refractivity contribution in [3.05, 3.63) is 12.7 Å². The number of hydrogen-bond acceptors (Lipinski definition) is 6. The van der Waals surface area contributed by atoms with Crippen LogP contribution in [0.3, 0.4) is 0 Å². The molecule has 0 spiro atoms. The van der Waals surface area contributed by atoms with Crippen LogP contribution < -0.4 is 5.84 Å². The van der Waals surface area contributed by atoms with Gasteiger partial charge in [-0.05, 0) is 13.8 Å². The summed E-state index contributed by atoms with van der Waals surface area (Å²) in [7, 11) is 0. The molecule has 0 saturated carbocycles. The van der Waals surface area contributed by atoms with Gasteiger partial charge >= 0.3 is 0 Å². The van der Waals surface area contributed by atoms with Crippen molar-refractivity contribution < 1.29 is 4.79 Å². The van der Waals surface area contributed by atoms with Gasteiger partial charge in [0.1, 0.15) is 0 Å². The lowest BCUT2D eigenvalue weighted by Gasteiger charge is -2.17. The van der Waals surface area contributed by atoms with E-state index in [2.05, 4.69) is 16.8 Å². The highest BCUT2D eigenvalue weighted by Crippen LogP contribution is 2.20. The summed E-state index contributed by atoms with van der Waals surface area (Å²) >= 11 is 2.76. The molecule has 1 rings (SSSR count). The molecule has 0 aliphatic carbocycles. The number of carbonyl (C=O) groups is 1. The third-order valence-corrected chi connectivity index (χ3v) is 4.27. The topological polar surface area (TPSA) is 77.0 Å². The molecule has 0 saturated heterocycles. The Balaban J connectivity index is 2.56. The number of rotatable bonds is 8. The summed E-state index contributed by atoms with van der Waals surface area (Å²) < 4.78 is 1.41. The molecule has 8 heteroatoms. The maximum Gasteiger partial charge on any atom is 0.233 e. The van der Waals surface area contributed by atoms with E-state index in [0.29, 0.717) is 29.2 Å². The van der Waals surface area contributed by atoms with Crippen LogP contribution >= 0.6 is 23.5 Å². The predicted octanol–water partition coefficient (Wildman–Crippen LogP) is 1.23. The van der Waals surface area contributed by atoms with Gasteiger partial charge in [0.2, 0.25) is 16.2 Å². The first kappa shape index (κ1) is 15.9. The number of hydrogen-bond donors (Lipinski definition) is 1. The molecular weight excluding hydrogens is 282 g/mol. The number of nitrogens with zero attached hydrogens (tertiary/aromatic N) is 4. The minimum atomic E-state index is 0.0818. The second kappa shape index (κ2) is 8.11. The molecule has 1 aromatic heterocycles. The predicted molar refractivity (Wildman–Crippen MR) is 79.7 cm³/mol. The third-order valence-electron chi connectivity index (χ3n) is 2.40. The Morgan fingerprint density at radius 1 is 1.37 bits per heavy atom. The highest BCUT2D eigenvalue weighted by molar-refractivity contribution is 8.00. The second-order valence-electron chi connectivity index (χ2n) is 3.59. The Morgan fingerprint density at radius 3 is 2.47 bits per heavy atom. The minimum Gasteiger partial charge on any atom is -0.343 e. The van der Waals surface area contributed by atoms with Gasteiger partial charge in [0, 0.05) is 18.8 Å². The second-order valence-corrected chi connectivity index (χ2v) is 5.52. The van der Waals surface area contributed by atoms with Crippen molar-refractivity contribution in [2.24, 2.45) is 0 Å². The molecule has 1 amide bonds. The minimum absolute atomic E-state index is 0.0818. The zero-order chi connectivity index (χ0) is 14.3. The molecule has 106 valence electrons. The first-order chi connectivity index (χ1) is 9.13. The maximum absolute atomic E-state index is 11.9. The Bertz CT molecular complexity index is 431. The van der Waals surface area contributed by atoms with E-state index in [-0.39, 0.29) is 5.91 Å². The standard InChI is InChI=1S/C11H19N5OS2/c1-4-7-18-10-13-14-11(16(10)12)19-8-9(17)15(5-2)6-3/h4H,1,5-8,12H2,2-3H3. The van der Waals surface area contributed by atoms with Gasteiger partial charge in [0.25, 0.3) is 0 Å². The zero-order valence-corrected chi connectivity index (χ0v) is 12.8. The van der Waals surface area contributed by atoms with Crippen LogP contribution in [-0.2, 0) is 4.79 Å². The number of amides is 1. The summed E-state index contributed by atoms with van der Waals surface area (Å²) in [6.45, 7) is 8.98. The molecular formula is C11H19N5OS2. The molecule has 19 heavy (non-hydrogen) atoms. The zero-order valence-electron chi connectivity index (χ0n) is 11.2. The first-order valence-electron chi connectivity index (χ1n) is 5.98. The van der Waals surface area contributed by atoms with Crippen LogP contribution in [0.4, 0.5) is 0 Å². The van der Waals surface area contributed by atoms with Crippen molar-refractivity contribution in [1.29, 1.82) is 0 Å². The molecule has 0 aromatic carbocycles. The van der Waals surface area contributed by atoms with Gasteiger partial charge in [0.05, 0.1) is 5.75 Å². The van der Waals surface area contributed by atoms with Crippen molar-refractivity contribution in [3.63, 3.8) is 0 Å². The lowest BCUT2D eigenvalue weighted by Crippen LogP contribution is -2.32. The quantitative estimate of drug-likeness (QED) is 0.442. The van der Waals surface area contributed by atoms with Gasteiger partial charge in [-0.2, -0.15) is 0 Å². The highest BCUT2D eigenvalue weighted by Gasteiger charge is 2.14. The van der Waals surface area contributed by atoms with E-state index < -0.39 is 0 Å². The molecule has 2 N–H and O–H groups in total. The Kier molecular flexibility index (Phi) is 6.79. The Morgan fingerprint density at radius 2 is 1.95 bits per heavy atom.